The highest BCUT2D eigenvalue weighted by atomic mass is 16.5. The second kappa shape index (κ2) is 6.58. The number of ether oxygens (including phenoxy) is 2. The number of nitriles is 1. The Bertz CT molecular complexity index is 291. The Morgan fingerprint density at radius 1 is 1.35 bits per heavy atom. The normalized spacial score (nSPS) is 19.6. The molecule has 0 N–H and O–H groups in total. The molecule has 0 atom stereocenters. The average Bonchev–Trinajstić information content (AvgIpc) is 2.32. The minimum Gasteiger partial charge on any atom is -0.465 e. The van der Waals surface area contributed by atoms with Crippen molar-refractivity contribution in [1.29, 1.82) is 5.26 Å². The van der Waals surface area contributed by atoms with Gasteiger partial charge < -0.3 is 9.47 Å². The maximum Gasteiger partial charge on any atom is 0.320 e. The van der Waals surface area contributed by atoms with Crippen LogP contribution in [0.2, 0.25) is 0 Å². The van der Waals surface area contributed by atoms with Gasteiger partial charge in [-0.05, 0) is 13.8 Å². The van der Waals surface area contributed by atoms with Gasteiger partial charge >= 0.3 is 5.97 Å². The lowest BCUT2D eigenvalue weighted by Gasteiger charge is -2.36. The molecule has 0 aromatic rings. The van der Waals surface area contributed by atoms with Crippen LogP contribution >= 0.6 is 0 Å². The summed E-state index contributed by atoms with van der Waals surface area (Å²) in [5, 5.41) is 9.14. The first kappa shape index (κ1) is 13.9. The van der Waals surface area contributed by atoms with Crippen LogP contribution in [0.25, 0.3) is 0 Å². The standard InChI is InChI=1S/C12H20N2O3/c1-3-16-11(15)9-14-7-5-12(10-13,6-8-14)17-4-2/h3-9H2,1-2H3. The number of hydrogen-bond acceptors (Lipinski definition) is 5. The zero-order valence-electron chi connectivity index (χ0n) is 10.6. The number of rotatable bonds is 5. The van der Waals surface area contributed by atoms with Gasteiger partial charge in [0.2, 0.25) is 0 Å². The minimum absolute atomic E-state index is 0.201. The van der Waals surface area contributed by atoms with E-state index in [1.807, 2.05) is 11.8 Å². The van der Waals surface area contributed by atoms with Crippen molar-refractivity contribution in [2.45, 2.75) is 32.3 Å². The van der Waals surface area contributed by atoms with Crippen molar-refractivity contribution in [2.75, 3.05) is 32.8 Å². The predicted molar refractivity (Wildman–Crippen MR) is 62.3 cm³/mol. The molecule has 0 unspecified atom stereocenters. The second-order valence-corrected chi connectivity index (χ2v) is 4.12. The Balaban J connectivity index is 2.40. The molecule has 1 heterocycles. The van der Waals surface area contributed by atoms with Gasteiger partial charge in [-0.3, -0.25) is 9.69 Å². The molecule has 0 radical (unpaired) electrons. The van der Waals surface area contributed by atoms with E-state index in [2.05, 4.69) is 6.07 Å². The van der Waals surface area contributed by atoms with E-state index in [1.165, 1.54) is 0 Å². The molecule has 0 aliphatic carbocycles. The Hall–Kier alpha value is -1.12. The number of carbonyl (C=O) groups excluding carboxylic acids is 1. The van der Waals surface area contributed by atoms with Gasteiger partial charge in [-0.2, -0.15) is 5.26 Å². The zero-order valence-corrected chi connectivity index (χ0v) is 10.6. The fraction of sp³-hybridized carbons (Fsp3) is 0.833. The van der Waals surface area contributed by atoms with Crippen LogP contribution in [-0.4, -0.2) is 49.3 Å². The molecule has 1 aliphatic heterocycles. The van der Waals surface area contributed by atoms with E-state index in [9.17, 15) is 4.79 Å². The first-order chi connectivity index (χ1) is 8.15. The van der Waals surface area contributed by atoms with Crippen LogP contribution in [-0.2, 0) is 14.3 Å². The Morgan fingerprint density at radius 2 is 2.00 bits per heavy atom. The minimum atomic E-state index is -0.653. The predicted octanol–water partition coefficient (Wildman–Crippen LogP) is 0.944. The van der Waals surface area contributed by atoms with E-state index in [4.69, 9.17) is 14.7 Å². The number of carbonyl (C=O) groups is 1. The Labute approximate surface area is 102 Å². The number of esters is 1. The van der Waals surface area contributed by atoms with Gasteiger partial charge in [-0.25, -0.2) is 0 Å². The third-order valence-corrected chi connectivity index (χ3v) is 2.95. The number of hydrogen-bond donors (Lipinski definition) is 0. The molecule has 1 fully saturated rings. The summed E-state index contributed by atoms with van der Waals surface area (Å²) < 4.78 is 10.4. The van der Waals surface area contributed by atoms with Gasteiger partial charge in [0.15, 0.2) is 5.60 Å². The lowest BCUT2D eigenvalue weighted by Crippen LogP contribution is -2.46. The summed E-state index contributed by atoms with van der Waals surface area (Å²) in [6.45, 7) is 6.35. The van der Waals surface area contributed by atoms with Gasteiger partial charge in [-0.1, -0.05) is 0 Å². The molecule has 5 nitrogen and oxygen atoms in total. The molecule has 17 heavy (non-hydrogen) atoms. The molecule has 96 valence electrons. The molecule has 0 spiro atoms. The van der Waals surface area contributed by atoms with Crippen molar-refractivity contribution < 1.29 is 14.3 Å². The largest absolute Gasteiger partial charge is 0.465 e. The summed E-state index contributed by atoms with van der Waals surface area (Å²) in [6.07, 6.45) is 1.30. The van der Waals surface area contributed by atoms with E-state index >= 15 is 0 Å². The van der Waals surface area contributed by atoms with Crippen LogP contribution in [0.1, 0.15) is 26.7 Å². The van der Waals surface area contributed by atoms with E-state index in [-0.39, 0.29) is 5.97 Å². The third kappa shape index (κ3) is 3.99. The fourth-order valence-electron chi connectivity index (χ4n) is 2.03. The highest BCUT2D eigenvalue weighted by Gasteiger charge is 2.35. The number of likely N-dealkylation sites (tertiary alicyclic amines) is 1. The van der Waals surface area contributed by atoms with E-state index in [0.717, 1.165) is 0 Å². The number of nitrogens with zero attached hydrogens (tertiary/aromatic N) is 2. The van der Waals surface area contributed by atoms with Crippen LogP contribution in [0, 0.1) is 11.3 Å². The van der Waals surface area contributed by atoms with Crippen LogP contribution in [0.3, 0.4) is 0 Å². The quantitative estimate of drug-likeness (QED) is 0.669. The summed E-state index contributed by atoms with van der Waals surface area (Å²) in [6, 6.07) is 2.25. The topological polar surface area (TPSA) is 62.6 Å². The molecular formula is C12H20N2O3. The molecule has 0 aromatic carbocycles. The first-order valence-corrected chi connectivity index (χ1v) is 6.09. The molecule has 1 saturated heterocycles. The third-order valence-electron chi connectivity index (χ3n) is 2.95. The van der Waals surface area contributed by atoms with Crippen LogP contribution in [0.5, 0.6) is 0 Å². The summed E-state index contributed by atoms with van der Waals surface area (Å²) >= 11 is 0. The molecule has 0 aromatic heterocycles. The monoisotopic (exact) mass is 240 g/mol. The molecule has 5 heteroatoms. The van der Waals surface area contributed by atoms with Crippen molar-refractivity contribution in [2.24, 2.45) is 0 Å². The van der Waals surface area contributed by atoms with E-state index in [1.54, 1.807) is 6.92 Å². The average molecular weight is 240 g/mol. The van der Waals surface area contributed by atoms with Crippen LogP contribution < -0.4 is 0 Å². The lowest BCUT2D eigenvalue weighted by atomic mass is 9.92. The van der Waals surface area contributed by atoms with Crippen molar-refractivity contribution in [1.82, 2.24) is 4.90 Å². The summed E-state index contributed by atoms with van der Waals surface area (Å²) in [7, 11) is 0. The maximum atomic E-state index is 11.3. The summed E-state index contributed by atoms with van der Waals surface area (Å²) in [5.41, 5.74) is -0.653. The van der Waals surface area contributed by atoms with E-state index < -0.39 is 5.60 Å². The Morgan fingerprint density at radius 3 is 2.47 bits per heavy atom. The first-order valence-electron chi connectivity index (χ1n) is 6.09. The van der Waals surface area contributed by atoms with E-state index in [0.29, 0.717) is 45.7 Å². The van der Waals surface area contributed by atoms with Crippen molar-refractivity contribution in [3.63, 3.8) is 0 Å². The van der Waals surface area contributed by atoms with Gasteiger partial charge in [0.25, 0.3) is 0 Å². The smallest absolute Gasteiger partial charge is 0.320 e. The molecule has 1 rings (SSSR count). The second-order valence-electron chi connectivity index (χ2n) is 4.12. The lowest BCUT2D eigenvalue weighted by molar-refractivity contribution is -0.145. The van der Waals surface area contributed by atoms with Gasteiger partial charge in [0.05, 0.1) is 19.2 Å². The summed E-state index contributed by atoms with van der Waals surface area (Å²) in [4.78, 5) is 13.3. The number of piperidine rings is 1. The molecule has 0 amide bonds. The SMILES string of the molecule is CCOC(=O)CN1CCC(C#N)(OCC)CC1. The van der Waals surface area contributed by atoms with Crippen molar-refractivity contribution in [3.05, 3.63) is 0 Å². The van der Waals surface area contributed by atoms with Crippen molar-refractivity contribution in [3.8, 4) is 6.07 Å². The molecule has 0 saturated carbocycles. The molecule has 0 bridgehead atoms. The van der Waals surface area contributed by atoms with Crippen molar-refractivity contribution >= 4 is 5.97 Å². The highest BCUT2D eigenvalue weighted by Crippen LogP contribution is 2.25. The van der Waals surface area contributed by atoms with Crippen LogP contribution in [0.15, 0.2) is 0 Å². The fourth-order valence-corrected chi connectivity index (χ4v) is 2.03. The molecular weight excluding hydrogens is 220 g/mol. The zero-order chi connectivity index (χ0) is 12.7. The Kier molecular flexibility index (Phi) is 5.39. The highest BCUT2D eigenvalue weighted by molar-refractivity contribution is 5.71. The maximum absolute atomic E-state index is 11.3. The summed E-state index contributed by atoms with van der Waals surface area (Å²) in [5.74, 6) is -0.201. The van der Waals surface area contributed by atoms with Gasteiger partial charge in [0, 0.05) is 32.5 Å². The van der Waals surface area contributed by atoms with Gasteiger partial charge in [0.1, 0.15) is 0 Å². The molecule has 1 aliphatic rings. The van der Waals surface area contributed by atoms with Gasteiger partial charge in [-0.15, -0.1) is 0 Å². The van der Waals surface area contributed by atoms with Crippen LogP contribution in [0.4, 0.5) is 0 Å².